The second-order valence-electron chi connectivity index (χ2n) is 5.76. The van der Waals surface area contributed by atoms with Gasteiger partial charge in [0.25, 0.3) is 5.91 Å². The Kier molecular flexibility index (Phi) is 7.41. The van der Waals surface area contributed by atoms with Gasteiger partial charge in [0.05, 0.1) is 0 Å². The summed E-state index contributed by atoms with van der Waals surface area (Å²) in [5.74, 6) is -1.46. The zero-order valence-electron chi connectivity index (χ0n) is 15.2. The highest BCUT2D eigenvalue weighted by Crippen LogP contribution is 2.82. The number of nitrogens with zero attached hydrogens (tertiary/aromatic N) is 3. The summed E-state index contributed by atoms with van der Waals surface area (Å²) in [4.78, 5) is 12.1. The van der Waals surface area contributed by atoms with Crippen molar-refractivity contribution in [1.29, 1.82) is 0 Å². The molecule has 1 aliphatic heterocycles. The molecule has 156 valence electrons. The van der Waals surface area contributed by atoms with Crippen LogP contribution in [0, 0.1) is 0 Å². The fraction of sp³-hybridized carbons (Fsp3) is 0. The van der Waals surface area contributed by atoms with Gasteiger partial charge in [-0.05, 0) is 79.3 Å². The van der Waals surface area contributed by atoms with Gasteiger partial charge in [0.15, 0.2) is 0 Å². The minimum absolute atomic E-state index is 0.531. The Bertz CT molecular complexity index is 1020. The third-order valence-corrected chi connectivity index (χ3v) is 13.3. The van der Waals surface area contributed by atoms with Gasteiger partial charge in [0.2, 0.25) is 7.58 Å². The summed E-state index contributed by atoms with van der Waals surface area (Å²) in [5.41, 5.74) is 0. The molecule has 0 amide bonds. The summed E-state index contributed by atoms with van der Waals surface area (Å²) < 4.78 is 13.4. The van der Waals surface area contributed by atoms with Crippen molar-refractivity contribution in [3.63, 3.8) is 0 Å². The summed E-state index contributed by atoms with van der Waals surface area (Å²) in [5, 5.41) is 0. The van der Waals surface area contributed by atoms with Crippen LogP contribution in [0.25, 0.3) is 0 Å². The Morgan fingerprint density at radius 1 is 0.700 bits per heavy atom. The average molecular weight is 521 g/mol. The van der Waals surface area contributed by atoms with Crippen molar-refractivity contribution in [2.45, 2.75) is 0 Å². The van der Waals surface area contributed by atoms with Crippen molar-refractivity contribution in [3.8, 4) is 17.2 Å². The lowest BCUT2D eigenvalue weighted by Crippen LogP contribution is -2.30. The van der Waals surface area contributed by atoms with Crippen LogP contribution >= 0.6 is 55.7 Å². The molecule has 30 heavy (non-hydrogen) atoms. The molecule has 0 N–H and O–H groups in total. The van der Waals surface area contributed by atoms with Crippen molar-refractivity contribution in [1.82, 2.24) is 9.21 Å². The molecule has 6 nitrogen and oxygen atoms in total. The smallest absolute Gasteiger partial charge is 0.333 e. The van der Waals surface area contributed by atoms with Gasteiger partial charge in [0, 0.05) is 0 Å². The molecule has 2 unspecified atom stereocenters. The highest BCUT2D eigenvalue weighted by Gasteiger charge is 2.50. The van der Waals surface area contributed by atoms with Crippen LogP contribution in [0.4, 0.5) is 0 Å². The van der Waals surface area contributed by atoms with Crippen LogP contribution in [0.1, 0.15) is 0 Å². The van der Waals surface area contributed by atoms with E-state index >= 15 is 0 Å². The number of benzene rings is 3. The fourth-order valence-electron chi connectivity index (χ4n) is 2.33. The minimum atomic E-state index is -3.14. The molecule has 0 aliphatic carbocycles. The molecule has 3 aromatic carbocycles. The minimum Gasteiger partial charge on any atom is -0.440 e. The molecule has 0 fully saturated rings. The Labute approximate surface area is 191 Å². The van der Waals surface area contributed by atoms with E-state index in [1.165, 1.54) is 9.21 Å². The first-order chi connectivity index (χ1) is 14.5. The predicted octanol–water partition coefficient (Wildman–Crippen LogP) is 8.79. The molecule has 2 atom stereocenters. The van der Waals surface area contributed by atoms with E-state index < -0.39 is 21.9 Å². The number of rotatable bonds is 6. The molecule has 12 heteroatoms. The maximum atomic E-state index is 6.61. The SMILES string of the molecule is ClP1N=P(Cl)(Cl)N(Oc2ccccc2)P(Oc2ccccc2)N1Oc1ccccc1. The van der Waals surface area contributed by atoms with Crippen molar-refractivity contribution in [2.24, 2.45) is 4.52 Å². The lowest BCUT2D eigenvalue weighted by molar-refractivity contribution is 0.0762. The summed E-state index contributed by atoms with van der Waals surface area (Å²) in [6.07, 6.45) is 0. The van der Waals surface area contributed by atoms with Crippen LogP contribution in [-0.2, 0) is 0 Å². The monoisotopic (exact) mass is 519 g/mol. The number of hydrogen-bond donors (Lipinski definition) is 0. The Morgan fingerprint density at radius 3 is 1.70 bits per heavy atom. The number of halogens is 3. The average Bonchev–Trinajstić information content (AvgIpc) is 2.75. The Morgan fingerprint density at radius 2 is 1.17 bits per heavy atom. The normalized spacial score (nSPS) is 21.4. The molecule has 1 heterocycles. The Hall–Kier alpha value is -1.06. The maximum Gasteiger partial charge on any atom is 0.333 e. The van der Waals surface area contributed by atoms with Gasteiger partial charge in [-0.25, -0.2) is 0 Å². The van der Waals surface area contributed by atoms with Gasteiger partial charge in [-0.3, -0.25) is 0 Å². The maximum absolute atomic E-state index is 6.61. The van der Waals surface area contributed by atoms with Crippen LogP contribution in [0.2, 0.25) is 0 Å². The van der Waals surface area contributed by atoms with E-state index in [0.29, 0.717) is 17.2 Å². The van der Waals surface area contributed by atoms with E-state index in [0.717, 1.165) is 0 Å². The first-order valence-electron chi connectivity index (χ1n) is 8.60. The van der Waals surface area contributed by atoms with Gasteiger partial charge < -0.3 is 14.2 Å². The number of para-hydroxylation sites is 3. The molecular weight excluding hydrogens is 505 g/mol. The summed E-state index contributed by atoms with van der Waals surface area (Å²) >= 11 is 19.8. The van der Waals surface area contributed by atoms with Crippen LogP contribution in [0.3, 0.4) is 0 Å². The van der Waals surface area contributed by atoms with Gasteiger partial charge in [0.1, 0.15) is 17.2 Å². The van der Waals surface area contributed by atoms with E-state index in [1.807, 2.05) is 66.7 Å². The van der Waals surface area contributed by atoms with E-state index in [4.69, 9.17) is 47.9 Å². The topological polar surface area (TPSA) is 46.5 Å². The molecule has 0 bridgehead atoms. The van der Waals surface area contributed by atoms with Crippen LogP contribution in [-0.4, -0.2) is 9.21 Å². The summed E-state index contributed by atoms with van der Waals surface area (Å²) in [7, 11) is -3.57. The largest absolute Gasteiger partial charge is 0.440 e. The van der Waals surface area contributed by atoms with Crippen molar-refractivity contribution in [2.75, 3.05) is 0 Å². The van der Waals surface area contributed by atoms with Crippen molar-refractivity contribution in [3.05, 3.63) is 91.0 Å². The highest BCUT2D eigenvalue weighted by atomic mass is 35.9. The molecule has 0 saturated heterocycles. The lowest BCUT2D eigenvalue weighted by atomic mass is 10.3. The van der Waals surface area contributed by atoms with Crippen LogP contribution in [0.5, 0.6) is 17.2 Å². The quantitative estimate of drug-likeness (QED) is 0.304. The lowest BCUT2D eigenvalue weighted by Gasteiger charge is -2.40. The first-order valence-corrected chi connectivity index (χ1v) is 15.4. The molecular formula is C18H15Cl3N3O3P3. The van der Waals surface area contributed by atoms with Crippen LogP contribution < -0.4 is 14.2 Å². The highest BCUT2D eigenvalue weighted by molar-refractivity contribution is 8.14. The fourth-order valence-corrected chi connectivity index (χ4v) is 12.1. The van der Waals surface area contributed by atoms with E-state index in [-0.39, 0.29) is 0 Å². The summed E-state index contributed by atoms with van der Waals surface area (Å²) in [6.45, 7) is 0. The van der Waals surface area contributed by atoms with Crippen molar-refractivity contribution >= 4 is 55.7 Å². The molecule has 0 radical (unpaired) electrons. The molecule has 1 aliphatic rings. The third kappa shape index (κ3) is 5.40. The van der Waals surface area contributed by atoms with Gasteiger partial charge >= 0.3 is 8.45 Å². The second-order valence-corrected chi connectivity index (χ2v) is 14.9. The van der Waals surface area contributed by atoms with E-state index in [9.17, 15) is 0 Å². The third-order valence-electron chi connectivity index (χ3n) is 3.61. The molecule has 0 aromatic heterocycles. The van der Waals surface area contributed by atoms with E-state index in [2.05, 4.69) is 4.52 Å². The first kappa shape index (κ1) is 22.1. The Balaban J connectivity index is 1.72. The van der Waals surface area contributed by atoms with Gasteiger partial charge in [-0.2, -0.15) is 4.52 Å². The molecule has 3 aromatic rings. The second kappa shape index (κ2) is 10.0. The molecule has 0 saturated carbocycles. The standard InChI is InChI=1S/C18H15Cl3N3O3P3/c19-28-22-30(20,21)24(26-17-12-6-2-7-13-17)29(27-18-14-8-3-9-15-18)23(28)25-16-10-4-1-5-11-16/h1-15H. The van der Waals surface area contributed by atoms with Gasteiger partial charge in [-0.15, -0.1) is 0 Å². The molecule has 4 rings (SSSR count). The predicted molar refractivity (Wildman–Crippen MR) is 126 cm³/mol. The number of hydrogen-bond acceptors (Lipinski definition) is 6. The van der Waals surface area contributed by atoms with Crippen molar-refractivity contribution < 1.29 is 14.2 Å². The van der Waals surface area contributed by atoms with Gasteiger partial charge in [-0.1, -0.05) is 54.6 Å². The van der Waals surface area contributed by atoms with E-state index in [1.54, 1.807) is 24.3 Å². The zero-order chi connectivity index (χ0) is 21.0. The summed E-state index contributed by atoms with van der Waals surface area (Å²) in [6, 6.07) is 27.6. The van der Waals surface area contributed by atoms with Crippen LogP contribution in [0.15, 0.2) is 95.5 Å². The molecule has 0 spiro atoms. The zero-order valence-corrected chi connectivity index (χ0v) is 20.2.